The molecule has 0 aromatic heterocycles. The predicted molar refractivity (Wildman–Crippen MR) is 78.6 cm³/mol. The summed E-state index contributed by atoms with van der Waals surface area (Å²) in [6.45, 7) is 4.11. The summed E-state index contributed by atoms with van der Waals surface area (Å²) in [4.78, 5) is 24.6. The highest BCUT2D eigenvalue weighted by Gasteiger charge is 2.32. The number of aliphatic carboxylic acids is 1. The first-order valence-electron chi connectivity index (χ1n) is 7.62. The van der Waals surface area contributed by atoms with Gasteiger partial charge in [0.15, 0.2) is 0 Å². The number of carboxylic acids is 1. The number of nitriles is 1. The van der Waals surface area contributed by atoms with E-state index in [2.05, 4.69) is 11.4 Å². The van der Waals surface area contributed by atoms with Gasteiger partial charge < -0.3 is 15.3 Å². The SMILES string of the molecule is CC(CCCC(C)C(=O)O)NC(=O)N(CCC#N)C1CC1. The fourth-order valence-corrected chi connectivity index (χ4v) is 2.23. The van der Waals surface area contributed by atoms with Crippen LogP contribution in [0.2, 0.25) is 0 Å². The molecule has 21 heavy (non-hydrogen) atoms. The van der Waals surface area contributed by atoms with Crippen molar-refractivity contribution in [3.63, 3.8) is 0 Å². The molecule has 0 saturated heterocycles. The van der Waals surface area contributed by atoms with Crippen molar-refractivity contribution in [1.82, 2.24) is 10.2 Å². The Morgan fingerprint density at radius 1 is 1.38 bits per heavy atom. The van der Waals surface area contributed by atoms with Crippen molar-refractivity contribution in [2.45, 2.75) is 64.5 Å². The lowest BCUT2D eigenvalue weighted by Crippen LogP contribution is -2.45. The van der Waals surface area contributed by atoms with E-state index >= 15 is 0 Å². The number of hydrogen-bond donors (Lipinski definition) is 2. The van der Waals surface area contributed by atoms with E-state index < -0.39 is 5.97 Å². The van der Waals surface area contributed by atoms with Gasteiger partial charge in [-0.15, -0.1) is 0 Å². The zero-order valence-electron chi connectivity index (χ0n) is 12.8. The lowest BCUT2D eigenvalue weighted by Gasteiger charge is -2.24. The summed E-state index contributed by atoms with van der Waals surface area (Å²) in [5.41, 5.74) is 0. The molecule has 1 saturated carbocycles. The normalized spacial score (nSPS) is 16.6. The van der Waals surface area contributed by atoms with E-state index in [1.807, 2.05) is 6.92 Å². The number of amides is 2. The summed E-state index contributed by atoms with van der Waals surface area (Å²) in [6, 6.07) is 2.27. The summed E-state index contributed by atoms with van der Waals surface area (Å²) < 4.78 is 0. The topological polar surface area (TPSA) is 93.4 Å². The van der Waals surface area contributed by atoms with Crippen LogP contribution in [-0.4, -0.2) is 40.6 Å². The Hall–Kier alpha value is -1.77. The molecule has 0 aliphatic heterocycles. The van der Waals surface area contributed by atoms with E-state index in [4.69, 9.17) is 10.4 Å². The van der Waals surface area contributed by atoms with Gasteiger partial charge in [0.25, 0.3) is 0 Å². The average molecular weight is 295 g/mol. The Labute approximate surface area is 126 Å². The third-order valence-electron chi connectivity index (χ3n) is 3.78. The minimum Gasteiger partial charge on any atom is -0.481 e. The van der Waals surface area contributed by atoms with Gasteiger partial charge in [0.2, 0.25) is 0 Å². The van der Waals surface area contributed by atoms with E-state index in [9.17, 15) is 9.59 Å². The first kappa shape index (κ1) is 17.3. The van der Waals surface area contributed by atoms with Gasteiger partial charge in [-0.3, -0.25) is 4.79 Å². The smallest absolute Gasteiger partial charge is 0.317 e. The summed E-state index contributed by atoms with van der Waals surface area (Å²) in [6.07, 6.45) is 4.55. The maximum atomic E-state index is 12.2. The van der Waals surface area contributed by atoms with Gasteiger partial charge in [0.1, 0.15) is 0 Å². The molecule has 2 unspecified atom stereocenters. The van der Waals surface area contributed by atoms with E-state index in [0.717, 1.165) is 25.7 Å². The molecule has 0 aromatic carbocycles. The molecule has 6 heteroatoms. The van der Waals surface area contributed by atoms with Crippen LogP contribution in [-0.2, 0) is 4.79 Å². The molecule has 1 aliphatic rings. The molecule has 0 heterocycles. The van der Waals surface area contributed by atoms with Crippen LogP contribution >= 0.6 is 0 Å². The second-order valence-corrected chi connectivity index (χ2v) is 5.85. The molecule has 118 valence electrons. The Kier molecular flexibility index (Phi) is 7.00. The van der Waals surface area contributed by atoms with Crippen LogP contribution in [0, 0.1) is 17.2 Å². The fourth-order valence-electron chi connectivity index (χ4n) is 2.23. The van der Waals surface area contributed by atoms with E-state index in [1.54, 1.807) is 11.8 Å². The minimum atomic E-state index is -0.775. The van der Waals surface area contributed by atoms with Crippen LogP contribution in [0.3, 0.4) is 0 Å². The molecular formula is C15H25N3O3. The largest absolute Gasteiger partial charge is 0.481 e. The van der Waals surface area contributed by atoms with Crippen molar-refractivity contribution in [2.24, 2.45) is 5.92 Å². The highest BCUT2D eigenvalue weighted by molar-refractivity contribution is 5.75. The molecule has 0 aromatic rings. The number of rotatable bonds is 9. The highest BCUT2D eigenvalue weighted by atomic mass is 16.4. The number of carbonyl (C=O) groups excluding carboxylic acids is 1. The van der Waals surface area contributed by atoms with Crippen molar-refractivity contribution in [3.8, 4) is 6.07 Å². The van der Waals surface area contributed by atoms with Crippen molar-refractivity contribution >= 4 is 12.0 Å². The molecule has 0 radical (unpaired) electrons. The molecule has 0 spiro atoms. The summed E-state index contributed by atoms with van der Waals surface area (Å²) in [5.74, 6) is -1.12. The van der Waals surface area contributed by atoms with Crippen LogP contribution in [0.15, 0.2) is 0 Å². The Bertz CT molecular complexity index is 401. The summed E-state index contributed by atoms with van der Waals surface area (Å²) >= 11 is 0. The lowest BCUT2D eigenvalue weighted by atomic mass is 10.0. The van der Waals surface area contributed by atoms with Crippen molar-refractivity contribution in [3.05, 3.63) is 0 Å². The molecule has 2 N–H and O–H groups in total. The van der Waals surface area contributed by atoms with Gasteiger partial charge in [0, 0.05) is 18.6 Å². The lowest BCUT2D eigenvalue weighted by molar-refractivity contribution is -0.141. The second kappa shape index (κ2) is 8.50. The zero-order chi connectivity index (χ0) is 15.8. The number of hydrogen-bond acceptors (Lipinski definition) is 3. The molecule has 2 atom stereocenters. The van der Waals surface area contributed by atoms with Gasteiger partial charge in [-0.2, -0.15) is 5.26 Å². The van der Waals surface area contributed by atoms with Crippen LogP contribution in [0.4, 0.5) is 4.79 Å². The van der Waals surface area contributed by atoms with Crippen LogP contribution < -0.4 is 5.32 Å². The van der Waals surface area contributed by atoms with Crippen LogP contribution in [0.25, 0.3) is 0 Å². The van der Waals surface area contributed by atoms with Gasteiger partial charge in [-0.25, -0.2) is 4.79 Å². The zero-order valence-corrected chi connectivity index (χ0v) is 12.8. The third-order valence-corrected chi connectivity index (χ3v) is 3.78. The predicted octanol–water partition coefficient (Wildman–Crippen LogP) is 2.35. The first-order chi connectivity index (χ1) is 9.95. The molecule has 6 nitrogen and oxygen atoms in total. The minimum absolute atomic E-state index is 0.0156. The van der Waals surface area contributed by atoms with Crippen molar-refractivity contribution in [1.29, 1.82) is 5.26 Å². The second-order valence-electron chi connectivity index (χ2n) is 5.85. The molecule has 2 amide bonds. The maximum Gasteiger partial charge on any atom is 0.317 e. The number of carbonyl (C=O) groups is 2. The number of nitrogens with zero attached hydrogens (tertiary/aromatic N) is 2. The fraction of sp³-hybridized carbons (Fsp3) is 0.800. The van der Waals surface area contributed by atoms with Gasteiger partial charge in [0.05, 0.1) is 18.4 Å². The van der Waals surface area contributed by atoms with Crippen molar-refractivity contribution < 1.29 is 14.7 Å². The Balaban J connectivity index is 2.28. The number of carboxylic acid groups (broad SMARTS) is 1. The maximum absolute atomic E-state index is 12.2. The average Bonchev–Trinajstić information content (AvgIpc) is 3.23. The van der Waals surface area contributed by atoms with E-state index in [-0.39, 0.29) is 24.0 Å². The molecular weight excluding hydrogens is 270 g/mol. The third kappa shape index (κ3) is 6.48. The van der Waals surface area contributed by atoms with Crippen LogP contribution in [0.1, 0.15) is 52.4 Å². The molecule has 0 bridgehead atoms. The van der Waals surface area contributed by atoms with Crippen LogP contribution in [0.5, 0.6) is 0 Å². The van der Waals surface area contributed by atoms with Crippen molar-refractivity contribution in [2.75, 3.05) is 6.54 Å². The number of urea groups is 1. The summed E-state index contributed by atoms with van der Waals surface area (Å²) in [7, 11) is 0. The summed E-state index contributed by atoms with van der Waals surface area (Å²) in [5, 5.41) is 20.4. The Morgan fingerprint density at radius 3 is 2.57 bits per heavy atom. The first-order valence-corrected chi connectivity index (χ1v) is 7.62. The quantitative estimate of drug-likeness (QED) is 0.682. The van der Waals surface area contributed by atoms with E-state index in [0.29, 0.717) is 19.4 Å². The van der Waals surface area contributed by atoms with Gasteiger partial charge in [-0.1, -0.05) is 13.3 Å². The Morgan fingerprint density at radius 2 is 2.05 bits per heavy atom. The standard InChI is InChI=1S/C15H25N3O3/c1-11(14(19)20)5-3-6-12(2)17-15(21)18(10-4-9-16)13-7-8-13/h11-13H,3-8,10H2,1-2H3,(H,17,21)(H,19,20). The van der Waals surface area contributed by atoms with Gasteiger partial charge >= 0.3 is 12.0 Å². The highest BCUT2D eigenvalue weighted by Crippen LogP contribution is 2.27. The molecule has 1 rings (SSSR count). The monoisotopic (exact) mass is 295 g/mol. The van der Waals surface area contributed by atoms with E-state index in [1.165, 1.54) is 0 Å². The van der Waals surface area contributed by atoms with Gasteiger partial charge in [-0.05, 0) is 32.6 Å². The molecule has 1 fully saturated rings. The molecule has 1 aliphatic carbocycles. The number of nitrogens with one attached hydrogen (secondary N) is 1.